The Labute approximate surface area is 151 Å². The van der Waals surface area contributed by atoms with Gasteiger partial charge >= 0.3 is 5.97 Å². The third-order valence-electron chi connectivity index (χ3n) is 4.24. The van der Waals surface area contributed by atoms with Gasteiger partial charge in [-0.15, -0.1) is 0 Å². The molecule has 0 aliphatic rings. The lowest BCUT2D eigenvalue weighted by Crippen LogP contribution is -2.17. The highest BCUT2D eigenvalue weighted by Crippen LogP contribution is 2.25. The first-order valence-electron chi connectivity index (χ1n) is 8.45. The second-order valence-electron chi connectivity index (χ2n) is 6.32. The minimum absolute atomic E-state index is 0.0850. The van der Waals surface area contributed by atoms with Gasteiger partial charge in [0.1, 0.15) is 0 Å². The largest absolute Gasteiger partial charge is 0.481 e. The fraction of sp³-hybridized carbons (Fsp3) is 0.190. The third-order valence-corrected chi connectivity index (χ3v) is 4.24. The van der Waals surface area contributed by atoms with Crippen molar-refractivity contribution in [3.63, 3.8) is 0 Å². The highest BCUT2D eigenvalue weighted by molar-refractivity contribution is 5.94. The molecular formula is C21H20N2O3. The lowest BCUT2D eigenvalue weighted by atomic mass is 9.92. The minimum Gasteiger partial charge on any atom is -0.481 e. The van der Waals surface area contributed by atoms with Crippen LogP contribution in [0.25, 0.3) is 10.9 Å². The minimum atomic E-state index is -0.918. The summed E-state index contributed by atoms with van der Waals surface area (Å²) in [4.78, 5) is 28.0. The molecule has 3 aromatic rings. The van der Waals surface area contributed by atoms with Gasteiger partial charge in [-0.3, -0.25) is 14.6 Å². The summed E-state index contributed by atoms with van der Waals surface area (Å²) in [6.07, 6.45) is 0.0266. The number of fused-ring (bicyclic) bond motifs is 1. The quantitative estimate of drug-likeness (QED) is 0.702. The number of aliphatic carboxylic acids is 1. The van der Waals surface area contributed by atoms with Crippen LogP contribution in [0.4, 0.5) is 5.69 Å². The summed E-state index contributed by atoms with van der Waals surface area (Å²) < 4.78 is 0. The molecule has 0 bridgehead atoms. The Morgan fingerprint density at radius 3 is 2.54 bits per heavy atom. The number of carboxylic acids is 1. The van der Waals surface area contributed by atoms with Crippen molar-refractivity contribution in [1.29, 1.82) is 0 Å². The molecule has 0 radical (unpaired) electrons. The van der Waals surface area contributed by atoms with E-state index in [1.165, 1.54) is 0 Å². The van der Waals surface area contributed by atoms with Crippen molar-refractivity contribution >= 4 is 28.5 Å². The first-order valence-corrected chi connectivity index (χ1v) is 8.45. The summed E-state index contributed by atoms with van der Waals surface area (Å²) >= 11 is 0. The number of rotatable bonds is 6. The van der Waals surface area contributed by atoms with E-state index in [0.717, 1.165) is 22.2 Å². The number of amides is 1. The summed E-state index contributed by atoms with van der Waals surface area (Å²) in [5.41, 5.74) is 3.34. The number of carbonyl (C=O) groups is 2. The molecule has 1 heterocycles. The highest BCUT2D eigenvalue weighted by atomic mass is 16.4. The maximum atomic E-state index is 12.4. The van der Waals surface area contributed by atoms with Gasteiger partial charge in [0.15, 0.2) is 0 Å². The fourth-order valence-electron chi connectivity index (χ4n) is 2.98. The van der Waals surface area contributed by atoms with E-state index in [1.807, 2.05) is 61.5 Å². The van der Waals surface area contributed by atoms with Gasteiger partial charge in [0, 0.05) is 29.1 Å². The Bertz CT molecular complexity index is 938. The summed E-state index contributed by atoms with van der Waals surface area (Å²) in [5.74, 6) is -1.49. The Morgan fingerprint density at radius 2 is 1.81 bits per heavy atom. The molecule has 3 rings (SSSR count). The number of pyridine rings is 1. The van der Waals surface area contributed by atoms with Crippen molar-refractivity contribution in [1.82, 2.24) is 4.98 Å². The molecule has 0 saturated carbocycles. The Kier molecular flexibility index (Phi) is 5.27. The molecular weight excluding hydrogens is 328 g/mol. The lowest BCUT2D eigenvalue weighted by molar-refractivity contribution is -0.137. The van der Waals surface area contributed by atoms with Crippen LogP contribution in [0.1, 0.15) is 30.0 Å². The molecule has 0 unspecified atom stereocenters. The number of nitrogens with zero attached hydrogens (tertiary/aromatic N) is 1. The summed E-state index contributed by atoms with van der Waals surface area (Å²) in [6, 6.07) is 18.7. The zero-order valence-electron chi connectivity index (χ0n) is 14.5. The number of hydrogen-bond donors (Lipinski definition) is 2. The Balaban J connectivity index is 1.73. The van der Waals surface area contributed by atoms with Crippen molar-refractivity contribution in [2.24, 2.45) is 0 Å². The molecule has 0 spiro atoms. The average Bonchev–Trinajstić information content (AvgIpc) is 2.61. The van der Waals surface area contributed by atoms with Crippen LogP contribution >= 0.6 is 0 Å². The molecule has 0 fully saturated rings. The standard InChI is InChI=1S/C21H20N2O3/c1-14-7-8-16-11-18(9-10-19(16)22-14)23-20(24)12-17(13-21(25)26)15-5-3-2-4-6-15/h2-11,17H,12-13H2,1H3,(H,23,24)(H,25,26)/t17-/m1/s1. The van der Waals surface area contributed by atoms with E-state index in [9.17, 15) is 9.59 Å². The maximum absolute atomic E-state index is 12.4. The molecule has 0 saturated heterocycles. The summed E-state index contributed by atoms with van der Waals surface area (Å²) in [7, 11) is 0. The van der Waals surface area contributed by atoms with Gasteiger partial charge in [0.25, 0.3) is 0 Å². The van der Waals surface area contributed by atoms with Gasteiger partial charge in [0.05, 0.1) is 11.9 Å². The Hall–Kier alpha value is -3.21. The van der Waals surface area contributed by atoms with E-state index >= 15 is 0 Å². The predicted octanol–water partition coefficient (Wildman–Crippen LogP) is 4.13. The van der Waals surface area contributed by atoms with Crippen molar-refractivity contribution in [3.05, 3.63) is 71.9 Å². The highest BCUT2D eigenvalue weighted by Gasteiger charge is 2.19. The van der Waals surface area contributed by atoms with Crippen molar-refractivity contribution in [2.45, 2.75) is 25.7 Å². The lowest BCUT2D eigenvalue weighted by Gasteiger charge is -2.15. The number of aromatic nitrogens is 1. The van der Waals surface area contributed by atoms with Crippen LogP contribution in [-0.4, -0.2) is 22.0 Å². The summed E-state index contributed by atoms with van der Waals surface area (Å²) in [5, 5.41) is 13.0. The van der Waals surface area contributed by atoms with Gasteiger partial charge in [-0.2, -0.15) is 0 Å². The van der Waals surface area contributed by atoms with Crippen molar-refractivity contribution < 1.29 is 14.7 Å². The summed E-state index contributed by atoms with van der Waals surface area (Å²) in [6.45, 7) is 1.93. The molecule has 0 aliphatic heterocycles. The molecule has 2 aromatic carbocycles. The molecule has 5 nitrogen and oxygen atoms in total. The van der Waals surface area contributed by atoms with Gasteiger partial charge in [0.2, 0.25) is 5.91 Å². The molecule has 0 aliphatic carbocycles. The number of benzene rings is 2. The van der Waals surface area contributed by atoms with Crippen LogP contribution in [0.15, 0.2) is 60.7 Å². The second-order valence-corrected chi connectivity index (χ2v) is 6.32. The topological polar surface area (TPSA) is 79.3 Å². The van der Waals surface area contributed by atoms with Gasteiger partial charge in [-0.1, -0.05) is 36.4 Å². The predicted molar refractivity (Wildman–Crippen MR) is 101 cm³/mol. The molecule has 132 valence electrons. The number of anilines is 1. The SMILES string of the molecule is Cc1ccc2cc(NC(=O)C[C@H](CC(=O)O)c3ccccc3)ccc2n1. The molecule has 1 amide bonds. The van der Waals surface area contributed by atoms with E-state index in [0.29, 0.717) is 5.69 Å². The molecule has 1 aromatic heterocycles. The smallest absolute Gasteiger partial charge is 0.303 e. The first kappa shape index (κ1) is 17.6. The van der Waals surface area contributed by atoms with Crippen molar-refractivity contribution in [2.75, 3.05) is 5.32 Å². The number of carboxylic acid groups (broad SMARTS) is 1. The number of carbonyl (C=O) groups excluding carboxylic acids is 1. The van der Waals surface area contributed by atoms with E-state index in [2.05, 4.69) is 10.3 Å². The first-order chi connectivity index (χ1) is 12.5. The normalized spacial score (nSPS) is 11.9. The van der Waals surface area contributed by atoms with Crippen LogP contribution < -0.4 is 5.32 Å². The zero-order chi connectivity index (χ0) is 18.5. The molecule has 2 N–H and O–H groups in total. The number of aryl methyl sites for hydroxylation is 1. The van der Waals surface area contributed by atoms with Crippen LogP contribution in [-0.2, 0) is 9.59 Å². The van der Waals surface area contributed by atoms with E-state index in [1.54, 1.807) is 6.07 Å². The van der Waals surface area contributed by atoms with E-state index in [4.69, 9.17) is 5.11 Å². The van der Waals surface area contributed by atoms with Crippen molar-refractivity contribution in [3.8, 4) is 0 Å². The zero-order valence-corrected chi connectivity index (χ0v) is 14.5. The van der Waals surface area contributed by atoms with Gasteiger partial charge in [-0.25, -0.2) is 0 Å². The monoisotopic (exact) mass is 348 g/mol. The van der Waals surface area contributed by atoms with E-state index in [-0.39, 0.29) is 24.7 Å². The maximum Gasteiger partial charge on any atom is 0.303 e. The molecule has 26 heavy (non-hydrogen) atoms. The average molecular weight is 348 g/mol. The van der Waals surface area contributed by atoms with Crippen LogP contribution in [0.2, 0.25) is 0 Å². The number of hydrogen-bond acceptors (Lipinski definition) is 3. The fourth-order valence-corrected chi connectivity index (χ4v) is 2.98. The molecule has 1 atom stereocenters. The molecule has 5 heteroatoms. The van der Waals surface area contributed by atoms with Gasteiger partial charge < -0.3 is 10.4 Å². The van der Waals surface area contributed by atoms with Crippen LogP contribution in [0, 0.1) is 6.92 Å². The van der Waals surface area contributed by atoms with Gasteiger partial charge in [-0.05, 0) is 36.8 Å². The second kappa shape index (κ2) is 7.78. The Morgan fingerprint density at radius 1 is 1.04 bits per heavy atom. The van der Waals surface area contributed by atoms with E-state index < -0.39 is 5.97 Å². The van der Waals surface area contributed by atoms with Crippen LogP contribution in [0.5, 0.6) is 0 Å². The van der Waals surface area contributed by atoms with Crippen LogP contribution in [0.3, 0.4) is 0 Å². The number of nitrogens with one attached hydrogen (secondary N) is 1. The third kappa shape index (κ3) is 4.45.